The summed E-state index contributed by atoms with van der Waals surface area (Å²) in [6.45, 7) is 3.41. The average Bonchev–Trinajstić information content (AvgIpc) is 3.23. The molecular weight excluding hydrogens is 438 g/mol. The van der Waals surface area contributed by atoms with Crippen molar-refractivity contribution in [2.75, 3.05) is 31.2 Å². The van der Waals surface area contributed by atoms with Crippen LogP contribution in [-0.2, 0) is 22.6 Å². The van der Waals surface area contributed by atoms with E-state index in [0.717, 1.165) is 46.6 Å². The van der Waals surface area contributed by atoms with E-state index >= 15 is 0 Å². The molecule has 1 N–H and O–H groups in total. The molecule has 3 heterocycles. The van der Waals surface area contributed by atoms with Crippen LogP contribution in [0.25, 0.3) is 22.2 Å². The summed E-state index contributed by atoms with van der Waals surface area (Å²) in [4.78, 5) is 24.3. The first-order chi connectivity index (χ1) is 16.2. The van der Waals surface area contributed by atoms with Gasteiger partial charge in [-0.05, 0) is 23.3 Å². The SMILES string of the molecule is O=C(Cn1cc(-c2ccccc2)c2ncnc(N3CCOCC3)c21)NCc1ccc(Cl)cc1. The Morgan fingerprint density at radius 2 is 1.79 bits per heavy atom. The molecule has 168 valence electrons. The standard InChI is InChI=1S/C25H24ClN5O2/c26-20-8-6-18(7-9-20)14-27-22(32)16-31-15-21(19-4-2-1-3-5-19)23-24(31)25(29-17-28-23)30-10-12-33-13-11-30/h1-9,15,17H,10-14,16H2,(H,27,32). The largest absolute Gasteiger partial charge is 0.378 e. The summed E-state index contributed by atoms with van der Waals surface area (Å²) in [5.74, 6) is 0.745. The molecule has 0 unspecified atom stereocenters. The molecule has 1 amide bonds. The lowest BCUT2D eigenvalue weighted by Crippen LogP contribution is -2.37. The molecule has 4 aromatic rings. The van der Waals surface area contributed by atoms with Gasteiger partial charge in [0.05, 0.1) is 13.2 Å². The van der Waals surface area contributed by atoms with Crippen LogP contribution in [0.1, 0.15) is 5.56 Å². The maximum absolute atomic E-state index is 12.9. The van der Waals surface area contributed by atoms with Gasteiger partial charge < -0.3 is 19.5 Å². The Labute approximate surface area is 197 Å². The number of carbonyl (C=O) groups excluding carboxylic acids is 1. The Balaban J connectivity index is 1.48. The molecule has 1 aliphatic heterocycles. The van der Waals surface area contributed by atoms with E-state index in [9.17, 15) is 4.79 Å². The number of halogens is 1. The monoisotopic (exact) mass is 461 g/mol. The number of morpholine rings is 1. The molecule has 1 saturated heterocycles. The minimum Gasteiger partial charge on any atom is -0.378 e. The fraction of sp³-hybridized carbons (Fsp3) is 0.240. The summed E-state index contributed by atoms with van der Waals surface area (Å²) < 4.78 is 7.48. The third-order valence-corrected chi connectivity index (χ3v) is 5.99. The number of ether oxygens (including phenoxy) is 1. The fourth-order valence-corrected chi connectivity index (χ4v) is 4.21. The molecule has 5 rings (SSSR count). The van der Waals surface area contributed by atoms with E-state index in [0.29, 0.717) is 24.8 Å². The molecule has 2 aromatic heterocycles. The highest BCUT2D eigenvalue weighted by Gasteiger charge is 2.22. The number of anilines is 1. The molecule has 0 atom stereocenters. The molecule has 1 fully saturated rings. The number of rotatable bonds is 6. The first-order valence-electron chi connectivity index (χ1n) is 10.9. The molecule has 0 aliphatic carbocycles. The van der Waals surface area contributed by atoms with Gasteiger partial charge in [-0.15, -0.1) is 0 Å². The van der Waals surface area contributed by atoms with Crippen molar-refractivity contribution < 1.29 is 9.53 Å². The van der Waals surface area contributed by atoms with E-state index in [1.807, 2.05) is 53.2 Å². The van der Waals surface area contributed by atoms with Crippen molar-refractivity contribution in [3.8, 4) is 11.1 Å². The summed E-state index contributed by atoms with van der Waals surface area (Å²) in [7, 11) is 0. The third-order valence-electron chi connectivity index (χ3n) is 5.74. The van der Waals surface area contributed by atoms with Crippen molar-refractivity contribution >= 4 is 34.4 Å². The van der Waals surface area contributed by atoms with Gasteiger partial charge in [0.1, 0.15) is 23.9 Å². The van der Waals surface area contributed by atoms with Crippen molar-refractivity contribution in [1.29, 1.82) is 0 Å². The zero-order valence-corrected chi connectivity index (χ0v) is 18.8. The van der Waals surface area contributed by atoms with Crippen molar-refractivity contribution in [3.63, 3.8) is 0 Å². The van der Waals surface area contributed by atoms with Crippen LogP contribution in [0.15, 0.2) is 67.1 Å². The molecule has 8 heteroatoms. The van der Waals surface area contributed by atoms with E-state index in [1.165, 1.54) is 0 Å². The van der Waals surface area contributed by atoms with Gasteiger partial charge in [-0.25, -0.2) is 9.97 Å². The highest BCUT2D eigenvalue weighted by Crippen LogP contribution is 2.33. The fourth-order valence-electron chi connectivity index (χ4n) is 4.09. The molecule has 0 radical (unpaired) electrons. The van der Waals surface area contributed by atoms with Gasteiger partial charge in [0.15, 0.2) is 5.82 Å². The zero-order valence-electron chi connectivity index (χ0n) is 18.1. The normalized spacial score (nSPS) is 13.9. The van der Waals surface area contributed by atoms with Crippen LogP contribution < -0.4 is 10.2 Å². The number of aromatic nitrogens is 3. The number of carbonyl (C=O) groups is 1. The van der Waals surface area contributed by atoms with Crippen molar-refractivity contribution in [1.82, 2.24) is 19.9 Å². The summed E-state index contributed by atoms with van der Waals surface area (Å²) in [6.07, 6.45) is 3.60. The van der Waals surface area contributed by atoms with Crippen LogP contribution >= 0.6 is 11.6 Å². The number of amides is 1. The lowest BCUT2D eigenvalue weighted by Gasteiger charge is -2.28. The zero-order chi connectivity index (χ0) is 22.6. The summed E-state index contributed by atoms with van der Waals surface area (Å²) in [5.41, 5.74) is 4.72. The Morgan fingerprint density at radius 3 is 2.55 bits per heavy atom. The Hall–Kier alpha value is -3.42. The molecule has 1 aliphatic rings. The van der Waals surface area contributed by atoms with Crippen LogP contribution in [0.2, 0.25) is 5.02 Å². The third kappa shape index (κ3) is 4.69. The summed E-state index contributed by atoms with van der Waals surface area (Å²) in [6, 6.07) is 17.6. The van der Waals surface area contributed by atoms with Crippen LogP contribution in [0, 0.1) is 0 Å². The maximum Gasteiger partial charge on any atom is 0.240 e. The maximum atomic E-state index is 12.9. The van der Waals surface area contributed by atoms with Gasteiger partial charge in [-0.2, -0.15) is 0 Å². The second kappa shape index (κ2) is 9.60. The summed E-state index contributed by atoms with van der Waals surface area (Å²) in [5, 5.41) is 3.68. The van der Waals surface area contributed by atoms with Crippen LogP contribution in [0.3, 0.4) is 0 Å². The number of nitrogens with zero attached hydrogens (tertiary/aromatic N) is 4. The van der Waals surface area contributed by atoms with Gasteiger partial charge in [0.2, 0.25) is 5.91 Å². The Morgan fingerprint density at radius 1 is 1.03 bits per heavy atom. The molecule has 33 heavy (non-hydrogen) atoms. The number of hydrogen-bond acceptors (Lipinski definition) is 5. The number of nitrogens with one attached hydrogen (secondary N) is 1. The van der Waals surface area contributed by atoms with Crippen LogP contribution in [-0.4, -0.2) is 46.7 Å². The Bertz CT molecular complexity index is 1250. The second-order valence-corrected chi connectivity index (χ2v) is 8.37. The summed E-state index contributed by atoms with van der Waals surface area (Å²) >= 11 is 5.95. The van der Waals surface area contributed by atoms with E-state index < -0.39 is 0 Å². The van der Waals surface area contributed by atoms with Crippen LogP contribution in [0.4, 0.5) is 5.82 Å². The van der Waals surface area contributed by atoms with Gasteiger partial charge in [-0.3, -0.25) is 4.79 Å². The van der Waals surface area contributed by atoms with Gasteiger partial charge in [-0.1, -0.05) is 54.1 Å². The molecule has 0 bridgehead atoms. The predicted molar refractivity (Wildman–Crippen MR) is 129 cm³/mol. The Kier molecular flexibility index (Phi) is 6.24. The number of fused-ring (bicyclic) bond motifs is 1. The topological polar surface area (TPSA) is 72.3 Å². The molecule has 7 nitrogen and oxygen atoms in total. The van der Waals surface area contributed by atoms with Crippen molar-refractivity contribution in [2.45, 2.75) is 13.1 Å². The predicted octanol–water partition coefficient (Wildman–Crippen LogP) is 3.90. The van der Waals surface area contributed by atoms with Crippen LogP contribution in [0.5, 0.6) is 0 Å². The first-order valence-corrected chi connectivity index (χ1v) is 11.3. The highest BCUT2D eigenvalue weighted by molar-refractivity contribution is 6.30. The van der Waals surface area contributed by atoms with E-state index in [1.54, 1.807) is 6.33 Å². The highest BCUT2D eigenvalue weighted by atomic mass is 35.5. The second-order valence-electron chi connectivity index (χ2n) is 7.93. The smallest absolute Gasteiger partial charge is 0.240 e. The number of hydrogen-bond donors (Lipinski definition) is 1. The lowest BCUT2D eigenvalue weighted by molar-refractivity contribution is -0.121. The van der Waals surface area contributed by atoms with Gasteiger partial charge in [0, 0.05) is 36.4 Å². The minimum atomic E-state index is -0.0850. The van der Waals surface area contributed by atoms with Gasteiger partial charge in [0.25, 0.3) is 0 Å². The average molecular weight is 462 g/mol. The molecular formula is C25H24ClN5O2. The molecule has 2 aromatic carbocycles. The number of benzene rings is 2. The van der Waals surface area contributed by atoms with E-state index in [4.69, 9.17) is 16.3 Å². The van der Waals surface area contributed by atoms with Crippen molar-refractivity contribution in [2.24, 2.45) is 0 Å². The lowest BCUT2D eigenvalue weighted by atomic mass is 10.1. The molecule has 0 spiro atoms. The molecule has 0 saturated carbocycles. The minimum absolute atomic E-state index is 0.0850. The van der Waals surface area contributed by atoms with Crippen molar-refractivity contribution in [3.05, 3.63) is 77.7 Å². The van der Waals surface area contributed by atoms with Gasteiger partial charge >= 0.3 is 0 Å². The quantitative estimate of drug-likeness (QED) is 0.471. The van der Waals surface area contributed by atoms with E-state index in [2.05, 4.69) is 32.3 Å². The van der Waals surface area contributed by atoms with E-state index in [-0.39, 0.29) is 12.5 Å². The first kappa shape index (κ1) is 21.4.